The quantitative estimate of drug-likeness (QED) is 0.204. The Labute approximate surface area is 235 Å². The minimum absolute atomic E-state index is 0.00309. The Morgan fingerprint density at radius 3 is 2.10 bits per heavy atom. The van der Waals surface area contributed by atoms with Crippen LogP contribution in [0.25, 0.3) is 0 Å². The van der Waals surface area contributed by atoms with E-state index < -0.39 is 43.8 Å². The first-order chi connectivity index (χ1) is 17.8. The van der Waals surface area contributed by atoms with Gasteiger partial charge in [0.1, 0.15) is 23.8 Å². The van der Waals surface area contributed by atoms with E-state index in [0.717, 1.165) is 5.56 Å². The molecule has 0 aliphatic carbocycles. The topological polar surface area (TPSA) is 94.5 Å². The third kappa shape index (κ3) is 11.3. The molecule has 0 saturated carbocycles. The van der Waals surface area contributed by atoms with E-state index >= 15 is 4.39 Å². The number of hydrogen-bond acceptors (Lipinski definition) is 7. The Kier molecular flexibility index (Phi) is 13.3. The van der Waals surface area contributed by atoms with E-state index in [1.165, 1.54) is 6.08 Å². The van der Waals surface area contributed by atoms with Crippen LogP contribution < -0.4 is 4.74 Å². The van der Waals surface area contributed by atoms with Crippen LogP contribution in [-0.4, -0.2) is 62.6 Å². The lowest BCUT2D eigenvalue weighted by Crippen LogP contribution is -2.44. The van der Waals surface area contributed by atoms with Crippen molar-refractivity contribution in [3.8, 4) is 5.75 Å². The molecule has 0 unspecified atom stereocenters. The van der Waals surface area contributed by atoms with Gasteiger partial charge in [-0.25, -0.2) is 4.39 Å². The molecule has 5 atom stereocenters. The van der Waals surface area contributed by atoms with E-state index in [1.807, 2.05) is 13.8 Å². The van der Waals surface area contributed by atoms with Crippen LogP contribution >= 0.6 is 0 Å². The van der Waals surface area contributed by atoms with Gasteiger partial charge in [0, 0.05) is 18.4 Å². The molecule has 2 N–H and O–H groups in total. The van der Waals surface area contributed by atoms with Crippen molar-refractivity contribution in [2.24, 2.45) is 11.3 Å². The third-order valence-corrected chi connectivity index (χ3v) is 11.8. The molecule has 224 valence electrons. The van der Waals surface area contributed by atoms with E-state index in [2.05, 4.69) is 33.9 Å². The molecule has 0 bridgehead atoms. The van der Waals surface area contributed by atoms with Gasteiger partial charge in [0.05, 0.1) is 31.8 Å². The molecule has 0 aliphatic heterocycles. The number of rotatable bonds is 14. The standard InChI is InChI=1S/C30H51FO7Si/c1-20(21(2)38-39(10,11)30(6,7)8)18-24(31)27(37-19-22-12-14-23(35-9)15-13-22)26(33)25(32)16-17-36-28(34)29(3,4)5/h12-15,18,20-21,25-27,32-33H,16-17,19H2,1-11H3/t20-,21-,25+,26+,27-/m1/s1. The number of aliphatic hydroxyl groups is 2. The first kappa shape index (κ1) is 35.2. The first-order valence-electron chi connectivity index (χ1n) is 13.6. The summed E-state index contributed by atoms with van der Waals surface area (Å²) in [5.74, 6) is -0.762. The number of methoxy groups -OCH3 is 1. The molecule has 7 nitrogen and oxygen atoms in total. The molecular formula is C30H51FO7Si. The normalized spacial score (nSPS) is 17.2. The molecule has 1 aromatic carbocycles. The van der Waals surface area contributed by atoms with Crippen LogP contribution in [0.4, 0.5) is 4.39 Å². The van der Waals surface area contributed by atoms with Crippen molar-refractivity contribution >= 4 is 14.3 Å². The predicted molar refractivity (Wildman–Crippen MR) is 155 cm³/mol. The van der Waals surface area contributed by atoms with Crippen LogP contribution in [0, 0.1) is 11.3 Å². The Hall–Kier alpha value is -1.78. The van der Waals surface area contributed by atoms with Gasteiger partial charge in [0.2, 0.25) is 0 Å². The second-order valence-corrected chi connectivity index (χ2v) is 17.6. The second kappa shape index (κ2) is 14.7. The summed E-state index contributed by atoms with van der Waals surface area (Å²) in [6, 6.07) is 7.08. The summed E-state index contributed by atoms with van der Waals surface area (Å²) in [5, 5.41) is 21.6. The number of benzene rings is 1. The fourth-order valence-corrected chi connectivity index (χ4v) is 4.84. The fourth-order valence-electron chi connectivity index (χ4n) is 3.34. The van der Waals surface area contributed by atoms with Crippen LogP contribution in [0.5, 0.6) is 5.75 Å². The number of esters is 1. The summed E-state index contributed by atoms with van der Waals surface area (Å²) < 4.78 is 38.3. The summed E-state index contributed by atoms with van der Waals surface area (Å²) in [4.78, 5) is 12.0. The van der Waals surface area contributed by atoms with E-state index in [4.69, 9.17) is 18.6 Å². The Bertz CT molecular complexity index is 919. The average Bonchev–Trinajstić information content (AvgIpc) is 2.82. The number of carbonyl (C=O) groups excluding carboxylic acids is 1. The zero-order valence-corrected chi connectivity index (χ0v) is 26.7. The van der Waals surface area contributed by atoms with Crippen LogP contribution in [-0.2, 0) is 25.3 Å². The number of hydrogen-bond donors (Lipinski definition) is 2. The van der Waals surface area contributed by atoms with E-state index in [0.29, 0.717) is 5.75 Å². The van der Waals surface area contributed by atoms with Crippen molar-refractivity contribution in [3.63, 3.8) is 0 Å². The second-order valence-electron chi connectivity index (χ2n) is 12.8. The largest absolute Gasteiger partial charge is 0.497 e. The molecule has 1 aromatic rings. The lowest BCUT2D eigenvalue weighted by molar-refractivity contribution is -0.154. The smallest absolute Gasteiger partial charge is 0.311 e. The predicted octanol–water partition coefficient (Wildman–Crippen LogP) is 6.18. The number of carbonyl (C=O) groups is 1. The monoisotopic (exact) mass is 570 g/mol. The van der Waals surface area contributed by atoms with Crippen molar-refractivity contribution in [3.05, 3.63) is 41.7 Å². The highest BCUT2D eigenvalue weighted by atomic mass is 28.4. The molecule has 0 spiro atoms. The zero-order valence-electron chi connectivity index (χ0n) is 25.7. The summed E-state index contributed by atoms with van der Waals surface area (Å²) in [7, 11) is -0.513. The summed E-state index contributed by atoms with van der Waals surface area (Å²) in [6.07, 6.45) is -3.34. The van der Waals surface area contributed by atoms with Crippen molar-refractivity contribution in [1.29, 1.82) is 0 Å². The number of halogens is 1. The molecule has 0 aromatic heterocycles. The third-order valence-electron chi connectivity index (χ3n) is 7.27. The van der Waals surface area contributed by atoms with Gasteiger partial charge in [-0.3, -0.25) is 4.79 Å². The lowest BCUT2D eigenvalue weighted by atomic mass is 9.97. The van der Waals surface area contributed by atoms with Crippen molar-refractivity contribution in [2.45, 2.75) is 111 Å². The van der Waals surface area contributed by atoms with Gasteiger partial charge in [-0.05, 0) is 69.6 Å². The average molecular weight is 571 g/mol. The summed E-state index contributed by atoms with van der Waals surface area (Å²) in [6.45, 7) is 19.5. The Morgan fingerprint density at radius 1 is 1.05 bits per heavy atom. The number of aliphatic hydroxyl groups excluding tert-OH is 2. The Balaban J connectivity index is 3.06. The maximum atomic E-state index is 15.7. The highest BCUT2D eigenvalue weighted by Crippen LogP contribution is 2.38. The molecule has 0 aliphatic rings. The fraction of sp³-hybridized carbons (Fsp3) is 0.700. The van der Waals surface area contributed by atoms with Crippen molar-refractivity contribution < 1.29 is 38.0 Å². The van der Waals surface area contributed by atoms with Crippen LogP contribution in [0.2, 0.25) is 18.1 Å². The number of ether oxygens (including phenoxy) is 3. The van der Waals surface area contributed by atoms with Crippen molar-refractivity contribution in [2.75, 3.05) is 13.7 Å². The molecule has 0 amide bonds. The van der Waals surface area contributed by atoms with Gasteiger partial charge in [-0.2, -0.15) is 0 Å². The van der Waals surface area contributed by atoms with E-state index in [-0.39, 0.29) is 36.7 Å². The molecule has 0 saturated heterocycles. The molecule has 0 fully saturated rings. The minimum atomic E-state index is -2.08. The lowest BCUT2D eigenvalue weighted by Gasteiger charge is -2.39. The first-order valence-corrected chi connectivity index (χ1v) is 16.5. The SMILES string of the molecule is COc1ccc(CO[C@H](C(F)=C[C@@H](C)[C@@H](C)O[Si](C)(C)C(C)(C)C)[C@@H](O)[C@@H](O)CCOC(=O)C(C)(C)C)cc1. The molecular weight excluding hydrogens is 519 g/mol. The Morgan fingerprint density at radius 2 is 1.62 bits per heavy atom. The van der Waals surface area contributed by atoms with Gasteiger partial charge >= 0.3 is 5.97 Å². The molecule has 1 rings (SSSR count). The molecule has 9 heteroatoms. The summed E-state index contributed by atoms with van der Waals surface area (Å²) >= 11 is 0. The van der Waals surface area contributed by atoms with E-state index in [1.54, 1.807) is 52.1 Å². The van der Waals surface area contributed by atoms with Gasteiger partial charge in [-0.1, -0.05) is 39.8 Å². The highest BCUT2D eigenvalue weighted by molar-refractivity contribution is 6.74. The molecule has 0 radical (unpaired) electrons. The van der Waals surface area contributed by atoms with Gasteiger partial charge in [-0.15, -0.1) is 0 Å². The zero-order chi connectivity index (χ0) is 30.2. The maximum absolute atomic E-state index is 15.7. The van der Waals surface area contributed by atoms with Crippen LogP contribution in [0.3, 0.4) is 0 Å². The minimum Gasteiger partial charge on any atom is -0.497 e. The summed E-state index contributed by atoms with van der Waals surface area (Å²) in [5.41, 5.74) is 0.0546. The molecule has 0 heterocycles. The van der Waals surface area contributed by atoms with Gasteiger partial charge < -0.3 is 28.8 Å². The van der Waals surface area contributed by atoms with Crippen LogP contribution in [0.1, 0.15) is 67.4 Å². The van der Waals surface area contributed by atoms with Gasteiger partial charge in [0.15, 0.2) is 8.32 Å². The van der Waals surface area contributed by atoms with E-state index in [9.17, 15) is 15.0 Å². The van der Waals surface area contributed by atoms with Crippen LogP contribution in [0.15, 0.2) is 36.2 Å². The maximum Gasteiger partial charge on any atom is 0.311 e. The highest BCUT2D eigenvalue weighted by Gasteiger charge is 2.39. The van der Waals surface area contributed by atoms with Crippen molar-refractivity contribution in [1.82, 2.24) is 0 Å². The van der Waals surface area contributed by atoms with Gasteiger partial charge in [0.25, 0.3) is 0 Å². The molecule has 39 heavy (non-hydrogen) atoms.